The Hall–Kier alpha value is -1.93. The Balaban J connectivity index is 2.32. The summed E-state index contributed by atoms with van der Waals surface area (Å²) in [6, 6.07) is 4.54. The van der Waals surface area contributed by atoms with Crippen LogP contribution in [-0.2, 0) is 10.0 Å². The molecule has 0 aromatic heterocycles. The van der Waals surface area contributed by atoms with Crippen molar-refractivity contribution in [3.63, 3.8) is 0 Å². The van der Waals surface area contributed by atoms with Crippen LogP contribution in [-0.4, -0.2) is 37.4 Å². The van der Waals surface area contributed by atoms with E-state index in [4.69, 9.17) is 10.9 Å². The van der Waals surface area contributed by atoms with E-state index in [0.717, 1.165) is 4.90 Å². The standard InChI is InChI=1S/C10H11N3O4S/c11-7-3-1-2-6-8(7)10(15)13(9(6)14)4-5-18(12,16)17/h1-3H,4-5,11H2,(H2,12,16,17). The highest BCUT2D eigenvalue weighted by Crippen LogP contribution is 2.27. The largest absolute Gasteiger partial charge is 0.398 e. The van der Waals surface area contributed by atoms with E-state index in [1.807, 2.05) is 0 Å². The number of carbonyl (C=O) groups is 2. The van der Waals surface area contributed by atoms with Crippen molar-refractivity contribution >= 4 is 27.5 Å². The molecule has 2 amide bonds. The van der Waals surface area contributed by atoms with Crippen LogP contribution in [0.2, 0.25) is 0 Å². The molecular formula is C10H11N3O4S. The first-order chi connectivity index (χ1) is 8.31. The highest BCUT2D eigenvalue weighted by atomic mass is 32.2. The van der Waals surface area contributed by atoms with Crippen molar-refractivity contribution in [2.24, 2.45) is 5.14 Å². The van der Waals surface area contributed by atoms with Crippen LogP contribution in [0.3, 0.4) is 0 Å². The zero-order valence-corrected chi connectivity index (χ0v) is 10.1. The molecule has 0 bridgehead atoms. The van der Waals surface area contributed by atoms with Crippen LogP contribution in [0.1, 0.15) is 20.7 Å². The highest BCUT2D eigenvalue weighted by Gasteiger charge is 2.37. The number of nitrogens with two attached hydrogens (primary N) is 2. The lowest BCUT2D eigenvalue weighted by molar-refractivity contribution is 0.0664. The molecule has 0 radical (unpaired) electrons. The molecule has 1 aliphatic rings. The number of sulfonamides is 1. The molecule has 1 aromatic rings. The average molecular weight is 269 g/mol. The van der Waals surface area contributed by atoms with Crippen LogP contribution in [0, 0.1) is 0 Å². The number of amides is 2. The minimum Gasteiger partial charge on any atom is -0.398 e. The summed E-state index contributed by atoms with van der Waals surface area (Å²) in [5.41, 5.74) is 6.14. The van der Waals surface area contributed by atoms with Crippen molar-refractivity contribution in [2.45, 2.75) is 0 Å². The minimum absolute atomic E-state index is 0.122. The molecule has 4 N–H and O–H groups in total. The maximum Gasteiger partial charge on any atom is 0.263 e. The van der Waals surface area contributed by atoms with Gasteiger partial charge in [-0.05, 0) is 12.1 Å². The summed E-state index contributed by atoms with van der Waals surface area (Å²) in [5.74, 6) is -1.61. The summed E-state index contributed by atoms with van der Waals surface area (Å²) in [4.78, 5) is 24.7. The zero-order valence-electron chi connectivity index (χ0n) is 9.29. The van der Waals surface area contributed by atoms with Gasteiger partial charge in [-0.3, -0.25) is 14.5 Å². The fourth-order valence-corrected chi connectivity index (χ4v) is 2.22. The van der Waals surface area contributed by atoms with Crippen molar-refractivity contribution in [3.05, 3.63) is 29.3 Å². The van der Waals surface area contributed by atoms with Crippen LogP contribution in [0.5, 0.6) is 0 Å². The number of primary sulfonamides is 1. The summed E-state index contributed by atoms with van der Waals surface area (Å²) in [6.45, 7) is -0.273. The predicted molar refractivity (Wildman–Crippen MR) is 64.2 cm³/mol. The van der Waals surface area contributed by atoms with Gasteiger partial charge >= 0.3 is 0 Å². The second-order valence-corrected chi connectivity index (χ2v) is 5.63. The zero-order chi connectivity index (χ0) is 13.5. The van der Waals surface area contributed by atoms with Crippen molar-refractivity contribution in [1.82, 2.24) is 4.90 Å². The summed E-state index contributed by atoms with van der Waals surface area (Å²) in [6.07, 6.45) is 0. The van der Waals surface area contributed by atoms with Gasteiger partial charge in [0.2, 0.25) is 10.0 Å². The van der Waals surface area contributed by atoms with E-state index in [1.54, 1.807) is 6.07 Å². The molecular weight excluding hydrogens is 258 g/mol. The second-order valence-electron chi connectivity index (χ2n) is 3.90. The topological polar surface area (TPSA) is 124 Å². The van der Waals surface area contributed by atoms with Gasteiger partial charge in [0.25, 0.3) is 11.8 Å². The predicted octanol–water partition coefficient (Wildman–Crippen LogP) is -0.847. The van der Waals surface area contributed by atoms with Crippen LogP contribution in [0.15, 0.2) is 18.2 Å². The summed E-state index contributed by atoms with van der Waals surface area (Å²) in [7, 11) is -3.73. The molecule has 2 rings (SSSR count). The van der Waals surface area contributed by atoms with Crippen molar-refractivity contribution in [1.29, 1.82) is 0 Å². The molecule has 0 unspecified atom stereocenters. The van der Waals surface area contributed by atoms with E-state index in [2.05, 4.69) is 0 Å². The fourth-order valence-electron chi connectivity index (χ4n) is 1.78. The van der Waals surface area contributed by atoms with E-state index >= 15 is 0 Å². The monoisotopic (exact) mass is 269 g/mol. The van der Waals surface area contributed by atoms with E-state index < -0.39 is 27.6 Å². The Morgan fingerprint density at radius 2 is 1.83 bits per heavy atom. The maximum atomic E-state index is 11.9. The molecule has 1 heterocycles. The first-order valence-electron chi connectivity index (χ1n) is 5.06. The molecule has 0 saturated carbocycles. The number of imide groups is 1. The van der Waals surface area contributed by atoms with Crippen molar-refractivity contribution in [3.8, 4) is 0 Å². The van der Waals surface area contributed by atoms with Gasteiger partial charge in [-0.15, -0.1) is 0 Å². The molecule has 0 aliphatic carbocycles. The normalized spacial score (nSPS) is 15.1. The van der Waals surface area contributed by atoms with Gasteiger partial charge < -0.3 is 5.73 Å². The van der Waals surface area contributed by atoms with Gasteiger partial charge in [0, 0.05) is 12.2 Å². The van der Waals surface area contributed by atoms with Gasteiger partial charge in [-0.2, -0.15) is 0 Å². The summed E-state index contributed by atoms with van der Waals surface area (Å²) in [5, 5.41) is 4.84. The van der Waals surface area contributed by atoms with E-state index in [0.29, 0.717) is 0 Å². The number of carbonyl (C=O) groups excluding carboxylic acids is 2. The molecule has 0 saturated heterocycles. The number of nitrogens with zero attached hydrogens (tertiary/aromatic N) is 1. The third-order valence-corrected chi connectivity index (χ3v) is 3.38. The molecule has 0 fully saturated rings. The number of hydrogen-bond acceptors (Lipinski definition) is 5. The van der Waals surface area contributed by atoms with Gasteiger partial charge in [-0.25, -0.2) is 13.6 Å². The number of hydrogen-bond donors (Lipinski definition) is 2. The fraction of sp³-hybridized carbons (Fsp3) is 0.200. The number of fused-ring (bicyclic) bond motifs is 1. The maximum absolute atomic E-state index is 11.9. The van der Waals surface area contributed by atoms with Gasteiger partial charge in [0.05, 0.1) is 16.9 Å². The quantitative estimate of drug-likeness (QED) is 0.546. The van der Waals surface area contributed by atoms with Crippen LogP contribution >= 0.6 is 0 Å². The van der Waals surface area contributed by atoms with Gasteiger partial charge in [-0.1, -0.05) is 6.07 Å². The molecule has 0 spiro atoms. The Morgan fingerprint density at radius 3 is 2.39 bits per heavy atom. The van der Waals surface area contributed by atoms with E-state index in [9.17, 15) is 18.0 Å². The Morgan fingerprint density at radius 1 is 1.17 bits per heavy atom. The molecule has 7 nitrogen and oxygen atoms in total. The SMILES string of the molecule is Nc1cccc2c1C(=O)N(CCS(N)(=O)=O)C2=O. The smallest absolute Gasteiger partial charge is 0.263 e. The number of benzene rings is 1. The number of nitrogen functional groups attached to an aromatic ring is 1. The number of anilines is 1. The Kier molecular flexibility index (Phi) is 2.83. The first kappa shape index (κ1) is 12.5. The van der Waals surface area contributed by atoms with E-state index in [-0.39, 0.29) is 23.4 Å². The number of rotatable bonds is 3. The van der Waals surface area contributed by atoms with Crippen LogP contribution in [0.4, 0.5) is 5.69 Å². The van der Waals surface area contributed by atoms with Crippen LogP contribution in [0.25, 0.3) is 0 Å². The van der Waals surface area contributed by atoms with Crippen molar-refractivity contribution < 1.29 is 18.0 Å². The molecule has 0 atom stereocenters. The lowest BCUT2D eigenvalue weighted by Gasteiger charge is -2.12. The van der Waals surface area contributed by atoms with Crippen molar-refractivity contribution in [2.75, 3.05) is 18.0 Å². The molecule has 96 valence electrons. The van der Waals surface area contributed by atoms with Gasteiger partial charge in [0.1, 0.15) is 0 Å². The molecule has 8 heteroatoms. The van der Waals surface area contributed by atoms with Crippen LogP contribution < -0.4 is 10.9 Å². The average Bonchev–Trinajstić information content (AvgIpc) is 2.49. The third-order valence-electron chi connectivity index (χ3n) is 2.63. The second kappa shape index (κ2) is 4.07. The van der Waals surface area contributed by atoms with E-state index in [1.165, 1.54) is 12.1 Å². The Labute approximate surface area is 103 Å². The summed E-state index contributed by atoms with van der Waals surface area (Å²) < 4.78 is 21.7. The summed E-state index contributed by atoms with van der Waals surface area (Å²) >= 11 is 0. The molecule has 1 aromatic carbocycles. The molecule has 1 aliphatic heterocycles. The van der Waals surface area contributed by atoms with Gasteiger partial charge in [0.15, 0.2) is 0 Å². The highest BCUT2D eigenvalue weighted by molar-refractivity contribution is 7.89. The molecule has 18 heavy (non-hydrogen) atoms. The lowest BCUT2D eigenvalue weighted by Crippen LogP contribution is -2.35. The minimum atomic E-state index is -3.73. The third kappa shape index (κ3) is 2.07. The lowest BCUT2D eigenvalue weighted by atomic mass is 10.1. The Bertz CT molecular complexity index is 639. The first-order valence-corrected chi connectivity index (χ1v) is 6.78.